The topological polar surface area (TPSA) is 89.9 Å². The van der Waals surface area contributed by atoms with Crippen molar-refractivity contribution >= 4 is 29.5 Å². The van der Waals surface area contributed by atoms with Crippen molar-refractivity contribution in [3.8, 4) is 0 Å². The van der Waals surface area contributed by atoms with E-state index >= 15 is 0 Å². The summed E-state index contributed by atoms with van der Waals surface area (Å²) >= 11 is 4.76. The van der Waals surface area contributed by atoms with E-state index in [0.717, 1.165) is 31.3 Å². The van der Waals surface area contributed by atoms with Crippen LogP contribution in [-0.2, 0) is 23.9 Å². The minimum atomic E-state index is -1.15. The van der Waals surface area contributed by atoms with Gasteiger partial charge in [-0.3, -0.25) is 4.79 Å². The molecule has 0 heterocycles. The van der Waals surface area contributed by atoms with Gasteiger partial charge in [-0.05, 0) is 12.0 Å². The Labute approximate surface area is 129 Å². The Morgan fingerprint density at radius 2 is 1.76 bits per heavy atom. The second-order valence-electron chi connectivity index (χ2n) is 3.12. The molecule has 7 heteroatoms. The molecule has 6 nitrogen and oxygen atoms in total. The molecule has 0 aromatic heterocycles. The smallest absolute Gasteiger partial charge is 0.331 e. The van der Waals surface area contributed by atoms with E-state index in [-0.39, 0.29) is 5.97 Å². The SMILES string of the molecule is C=CCl.C=COC(C)=O.CCCCOC(=O)/C=C\C(=O)O. The molecule has 0 aliphatic heterocycles. The number of esters is 2. The van der Waals surface area contributed by atoms with Crippen molar-refractivity contribution in [1.29, 1.82) is 0 Å². The van der Waals surface area contributed by atoms with Crippen molar-refractivity contribution in [2.24, 2.45) is 0 Å². The summed E-state index contributed by atoms with van der Waals surface area (Å²) in [5, 5.41) is 8.14. The number of aliphatic carboxylic acids is 1. The Balaban J connectivity index is -0.000000300. The van der Waals surface area contributed by atoms with Gasteiger partial charge in [-0.1, -0.05) is 38.1 Å². The summed E-state index contributed by atoms with van der Waals surface area (Å²) in [5.41, 5.74) is 1.22. The Kier molecular flexibility index (Phi) is 23.1. The molecule has 0 aliphatic carbocycles. The molecule has 0 unspecified atom stereocenters. The molecular formula is C14H21ClO6. The Hall–Kier alpha value is -2.08. The molecule has 0 fully saturated rings. The highest BCUT2D eigenvalue weighted by Gasteiger charge is 1.96. The monoisotopic (exact) mass is 320 g/mol. The van der Waals surface area contributed by atoms with Gasteiger partial charge >= 0.3 is 17.9 Å². The molecule has 0 radical (unpaired) electrons. The van der Waals surface area contributed by atoms with Crippen LogP contribution in [0.3, 0.4) is 0 Å². The fourth-order valence-corrected chi connectivity index (χ4v) is 0.622. The summed E-state index contributed by atoms with van der Waals surface area (Å²) in [7, 11) is 0. The van der Waals surface area contributed by atoms with Crippen LogP contribution in [0.4, 0.5) is 0 Å². The van der Waals surface area contributed by atoms with Crippen molar-refractivity contribution < 1.29 is 29.0 Å². The summed E-state index contributed by atoms with van der Waals surface area (Å²) in [4.78, 5) is 30.3. The van der Waals surface area contributed by atoms with Gasteiger partial charge in [0.15, 0.2) is 0 Å². The molecule has 0 amide bonds. The summed E-state index contributed by atoms with van der Waals surface area (Å²) < 4.78 is 8.81. The number of carbonyl (C=O) groups excluding carboxylic acids is 2. The lowest BCUT2D eigenvalue weighted by Gasteiger charge is -1.97. The maximum atomic E-state index is 10.6. The van der Waals surface area contributed by atoms with Crippen LogP contribution in [0.2, 0.25) is 0 Å². The van der Waals surface area contributed by atoms with Gasteiger partial charge in [-0.25, -0.2) is 9.59 Å². The quantitative estimate of drug-likeness (QED) is 0.350. The van der Waals surface area contributed by atoms with Gasteiger partial charge in [0.25, 0.3) is 0 Å². The average Bonchev–Trinajstić information content (AvgIpc) is 2.38. The number of halogens is 1. The van der Waals surface area contributed by atoms with Crippen molar-refractivity contribution in [1.82, 2.24) is 0 Å². The molecule has 120 valence electrons. The highest BCUT2D eigenvalue weighted by atomic mass is 35.5. The van der Waals surface area contributed by atoms with Crippen LogP contribution in [0.1, 0.15) is 26.7 Å². The van der Waals surface area contributed by atoms with Crippen molar-refractivity contribution in [2.75, 3.05) is 6.61 Å². The molecular weight excluding hydrogens is 300 g/mol. The number of unbranched alkanes of at least 4 members (excludes halogenated alkanes) is 1. The maximum absolute atomic E-state index is 10.6. The summed E-state index contributed by atoms with van der Waals surface area (Å²) in [6.07, 6.45) is 4.50. The molecule has 0 aromatic rings. The van der Waals surface area contributed by atoms with Crippen LogP contribution in [0.25, 0.3) is 0 Å². The minimum Gasteiger partial charge on any atom is -0.478 e. The first-order valence-electron chi connectivity index (χ1n) is 5.92. The zero-order valence-corrected chi connectivity index (χ0v) is 13.0. The number of hydrogen-bond acceptors (Lipinski definition) is 5. The third-order valence-electron chi connectivity index (χ3n) is 1.35. The number of rotatable bonds is 6. The van der Waals surface area contributed by atoms with Gasteiger partial charge in [0.1, 0.15) is 0 Å². The normalized spacial score (nSPS) is 8.33. The second kappa shape index (κ2) is 20.2. The Morgan fingerprint density at radius 1 is 1.24 bits per heavy atom. The predicted molar refractivity (Wildman–Crippen MR) is 80.7 cm³/mol. The Bertz CT molecular complexity index is 349. The van der Waals surface area contributed by atoms with Gasteiger partial charge in [-0.2, -0.15) is 0 Å². The lowest BCUT2D eigenvalue weighted by molar-refractivity contribution is -0.138. The lowest BCUT2D eigenvalue weighted by atomic mass is 10.4. The number of ether oxygens (including phenoxy) is 2. The third-order valence-corrected chi connectivity index (χ3v) is 1.35. The van der Waals surface area contributed by atoms with Crippen LogP contribution in [0, 0.1) is 0 Å². The molecule has 0 spiro atoms. The first-order chi connectivity index (χ1) is 9.85. The largest absolute Gasteiger partial charge is 0.478 e. The summed E-state index contributed by atoms with van der Waals surface area (Å²) in [6.45, 7) is 9.93. The standard InChI is InChI=1S/C8H12O4.C4H6O2.C2H3Cl/c1-2-3-6-12-8(11)5-4-7(9)10;1-3-6-4(2)5;1-2-3/h4-5H,2-3,6H2,1H3,(H,9,10);3H,1H2,2H3;2H,1H2/b5-4-;;. The van der Waals surface area contributed by atoms with Gasteiger partial charge in [-0.15, -0.1) is 0 Å². The van der Waals surface area contributed by atoms with Crippen molar-refractivity contribution in [3.05, 3.63) is 37.1 Å². The molecule has 0 saturated carbocycles. The fraction of sp³-hybridized carbons (Fsp3) is 0.357. The first kappa shape index (κ1) is 24.0. The van der Waals surface area contributed by atoms with E-state index in [9.17, 15) is 14.4 Å². The second-order valence-corrected chi connectivity index (χ2v) is 3.43. The molecule has 0 aromatic carbocycles. The van der Waals surface area contributed by atoms with Crippen LogP contribution in [0.15, 0.2) is 37.1 Å². The van der Waals surface area contributed by atoms with Crippen molar-refractivity contribution in [3.63, 3.8) is 0 Å². The maximum Gasteiger partial charge on any atom is 0.331 e. The molecule has 21 heavy (non-hydrogen) atoms. The van der Waals surface area contributed by atoms with E-state index in [4.69, 9.17) is 16.7 Å². The van der Waals surface area contributed by atoms with E-state index in [1.165, 1.54) is 12.5 Å². The Morgan fingerprint density at radius 3 is 2.05 bits per heavy atom. The van der Waals surface area contributed by atoms with E-state index in [1.807, 2.05) is 6.92 Å². The summed E-state index contributed by atoms with van der Waals surface area (Å²) in [5.74, 6) is -2.08. The van der Waals surface area contributed by atoms with E-state index in [0.29, 0.717) is 6.61 Å². The highest BCUT2D eigenvalue weighted by Crippen LogP contribution is 1.89. The molecule has 0 aliphatic rings. The van der Waals surface area contributed by atoms with E-state index < -0.39 is 11.9 Å². The molecule has 1 N–H and O–H groups in total. The zero-order chi connectivity index (χ0) is 17.1. The molecule has 0 atom stereocenters. The van der Waals surface area contributed by atoms with Crippen LogP contribution in [-0.4, -0.2) is 29.6 Å². The summed E-state index contributed by atoms with van der Waals surface area (Å²) in [6, 6.07) is 0. The minimum absolute atomic E-state index is 0.329. The molecule has 0 saturated heterocycles. The zero-order valence-electron chi connectivity index (χ0n) is 12.2. The van der Waals surface area contributed by atoms with Crippen LogP contribution >= 0.6 is 11.6 Å². The molecule has 0 rings (SSSR count). The average molecular weight is 321 g/mol. The van der Waals surface area contributed by atoms with Crippen LogP contribution < -0.4 is 0 Å². The van der Waals surface area contributed by atoms with E-state index in [2.05, 4.69) is 22.6 Å². The number of carbonyl (C=O) groups is 3. The third kappa shape index (κ3) is 38.1. The predicted octanol–water partition coefficient (Wildman–Crippen LogP) is 3.03. The number of hydrogen-bond donors (Lipinski definition) is 1. The first-order valence-corrected chi connectivity index (χ1v) is 6.36. The number of carboxylic acid groups (broad SMARTS) is 1. The lowest BCUT2D eigenvalue weighted by Crippen LogP contribution is -2.02. The van der Waals surface area contributed by atoms with E-state index in [1.54, 1.807) is 0 Å². The fourth-order valence-electron chi connectivity index (χ4n) is 0.622. The molecule has 0 bridgehead atoms. The van der Waals surface area contributed by atoms with Crippen molar-refractivity contribution in [2.45, 2.75) is 26.7 Å². The van der Waals surface area contributed by atoms with Gasteiger partial charge < -0.3 is 14.6 Å². The van der Waals surface area contributed by atoms with Gasteiger partial charge in [0.05, 0.1) is 12.9 Å². The van der Waals surface area contributed by atoms with Crippen LogP contribution in [0.5, 0.6) is 0 Å². The number of carboxylic acids is 1. The highest BCUT2D eigenvalue weighted by molar-refractivity contribution is 6.25. The van der Waals surface area contributed by atoms with Gasteiger partial charge in [0, 0.05) is 19.1 Å². The van der Waals surface area contributed by atoms with Gasteiger partial charge in [0.2, 0.25) is 0 Å².